The molecular formula is C16H21FN4S. The Hall–Kier alpha value is -1.66. The van der Waals surface area contributed by atoms with E-state index in [4.69, 9.17) is 0 Å². The van der Waals surface area contributed by atoms with E-state index in [9.17, 15) is 4.39 Å². The van der Waals surface area contributed by atoms with E-state index in [1.54, 1.807) is 11.9 Å². The molecule has 0 aliphatic carbocycles. The Morgan fingerprint density at radius 2 is 1.82 bits per heavy atom. The molecule has 118 valence electrons. The highest BCUT2D eigenvalue weighted by molar-refractivity contribution is 7.96. The Bertz CT molecular complexity index is 584. The highest BCUT2D eigenvalue weighted by Gasteiger charge is 2.20. The van der Waals surface area contributed by atoms with Gasteiger partial charge in [-0.05, 0) is 36.1 Å². The Labute approximate surface area is 135 Å². The first-order valence-corrected chi connectivity index (χ1v) is 8.32. The Morgan fingerprint density at radius 1 is 1.09 bits per heavy atom. The number of anilines is 1. The molecule has 0 unspecified atom stereocenters. The zero-order valence-corrected chi connectivity index (χ0v) is 13.9. The number of nitrogens with zero attached hydrogens (tertiary/aromatic N) is 2. The zero-order valence-electron chi connectivity index (χ0n) is 13.1. The van der Waals surface area contributed by atoms with Crippen LogP contribution in [0.4, 0.5) is 10.2 Å². The summed E-state index contributed by atoms with van der Waals surface area (Å²) in [5.74, 6) is 0.524. The standard InChI is InChI=1S/C16H21FN4S/c1-16(2,12-4-6-13(17)7-5-12)11-18-15-9-8-14(20-21-15)10-19-22-3/h4-9,19H,10-11H2,1-3H3,(H,18,21). The van der Waals surface area contributed by atoms with Crippen LogP contribution in [0.5, 0.6) is 0 Å². The topological polar surface area (TPSA) is 49.8 Å². The van der Waals surface area contributed by atoms with Crippen molar-refractivity contribution in [1.82, 2.24) is 14.9 Å². The van der Waals surface area contributed by atoms with Crippen LogP contribution < -0.4 is 10.0 Å². The zero-order chi connectivity index (χ0) is 16.0. The van der Waals surface area contributed by atoms with Gasteiger partial charge in [-0.15, -0.1) is 5.10 Å². The summed E-state index contributed by atoms with van der Waals surface area (Å²) >= 11 is 1.55. The lowest BCUT2D eigenvalue weighted by Gasteiger charge is -2.25. The molecule has 6 heteroatoms. The van der Waals surface area contributed by atoms with E-state index in [0.29, 0.717) is 13.1 Å². The van der Waals surface area contributed by atoms with E-state index in [-0.39, 0.29) is 11.2 Å². The van der Waals surface area contributed by atoms with E-state index in [0.717, 1.165) is 17.1 Å². The molecule has 0 atom stereocenters. The van der Waals surface area contributed by atoms with Gasteiger partial charge in [-0.1, -0.05) is 37.9 Å². The first-order chi connectivity index (χ1) is 10.5. The van der Waals surface area contributed by atoms with Gasteiger partial charge in [0, 0.05) is 12.0 Å². The lowest BCUT2D eigenvalue weighted by atomic mass is 9.84. The first kappa shape index (κ1) is 16.7. The summed E-state index contributed by atoms with van der Waals surface area (Å²) in [6.45, 7) is 5.60. The van der Waals surface area contributed by atoms with Crippen LogP contribution in [-0.2, 0) is 12.0 Å². The third-order valence-electron chi connectivity index (χ3n) is 3.45. The smallest absolute Gasteiger partial charge is 0.148 e. The average Bonchev–Trinajstić information content (AvgIpc) is 2.52. The van der Waals surface area contributed by atoms with Gasteiger partial charge in [-0.3, -0.25) is 4.72 Å². The molecule has 0 radical (unpaired) electrons. The number of hydrogen-bond donors (Lipinski definition) is 2. The van der Waals surface area contributed by atoms with E-state index in [2.05, 4.69) is 34.1 Å². The van der Waals surface area contributed by atoms with E-state index in [1.165, 1.54) is 12.1 Å². The molecule has 0 amide bonds. The van der Waals surface area contributed by atoms with Crippen LogP contribution in [0.1, 0.15) is 25.1 Å². The van der Waals surface area contributed by atoms with Gasteiger partial charge >= 0.3 is 0 Å². The molecule has 0 aliphatic heterocycles. The fourth-order valence-electron chi connectivity index (χ4n) is 2.01. The van der Waals surface area contributed by atoms with Gasteiger partial charge in [0.05, 0.1) is 12.2 Å². The second-order valence-corrected chi connectivity index (χ2v) is 6.38. The molecule has 22 heavy (non-hydrogen) atoms. The van der Waals surface area contributed by atoms with Crippen LogP contribution in [0, 0.1) is 5.82 Å². The van der Waals surface area contributed by atoms with Crippen molar-refractivity contribution in [2.75, 3.05) is 18.1 Å². The molecule has 4 nitrogen and oxygen atoms in total. The van der Waals surface area contributed by atoms with E-state index < -0.39 is 0 Å². The largest absolute Gasteiger partial charge is 0.368 e. The SMILES string of the molecule is CSNCc1ccc(NCC(C)(C)c2ccc(F)cc2)nn1. The highest BCUT2D eigenvalue weighted by Crippen LogP contribution is 2.23. The minimum absolute atomic E-state index is 0.130. The van der Waals surface area contributed by atoms with Crippen molar-refractivity contribution in [3.63, 3.8) is 0 Å². The van der Waals surface area contributed by atoms with Crippen molar-refractivity contribution in [3.8, 4) is 0 Å². The lowest BCUT2D eigenvalue weighted by molar-refractivity contribution is 0.552. The molecule has 0 saturated carbocycles. The van der Waals surface area contributed by atoms with Crippen LogP contribution in [0.2, 0.25) is 0 Å². The summed E-state index contributed by atoms with van der Waals surface area (Å²) in [5, 5.41) is 11.6. The van der Waals surface area contributed by atoms with Gasteiger partial charge in [-0.25, -0.2) is 4.39 Å². The quantitative estimate of drug-likeness (QED) is 0.766. The van der Waals surface area contributed by atoms with Crippen molar-refractivity contribution in [2.24, 2.45) is 0 Å². The predicted octanol–water partition coefficient (Wildman–Crippen LogP) is 3.37. The maximum atomic E-state index is 13.0. The number of rotatable bonds is 7. The fraction of sp³-hybridized carbons (Fsp3) is 0.375. The van der Waals surface area contributed by atoms with Gasteiger partial charge in [-0.2, -0.15) is 5.10 Å². The molecule has 2 N–H and O–H groups in total. The molecule has 0 fully saturated rings. The van der Waals surface area contributed by atoms with E-state index in [1.807, 2.05) is 30.5 Å². The van der Waals surface area contributed by atoms with Crippen molar-refractivity contribution in [1.29, 1.82) is 0 Å². The van der Waals surface area contributed by atoms with Gasteiger partial charge in [0.25, 0.3) is 0 Å². The average molecular weight is 320 g/mol. The van der Waals surface area contributed by atoms with E-state index >= 15 is 0 Å². The normalized spacial score (nSPS) is 11.5. The summed E-state index contributed by atoms with van der Waals surface area (Å²) in [5.41, 5.74) is 1.85. The summed E-state index contributed by atoms with van der Waals surface area (Å²) in [7, 11) is 0. The maximum Gasteiger partial charge on any atom is 0.148 e. The highest BCUT2D eigenvalue weighted by atomic mass is 32.2. The van der Waals surface area contributed by atoms with Gasteiger partial charge in [0.2, 0.25) is 0 Å². The van der Waals surface area contributed by atoms with Crippen LogP contribution in [0.3, 0.4) is 0 Å². The van der Waals surface area contributed by atoms with Crippen molar-refractivity contribution in [2.45, 2.75) is 25.8 Å². The number of hydrogen-bond acceptors (Lipinski definition) is 5. The number of nitrogens with one attached hydrogen (secondary N) is 2. The van der Waals surface area contributed by atoms with Crippen LogP contribution in [0.25, 0.3) is 0 Å². The molecule has 0 bridgehead atoms. The van der Waals surface area contributed by atoms with Crippen LogP contribution in [0.15, 0.2) is 36.4 Å². The van der Waals surface area contributed by atoms with Crippen LogP contribution >= 0.6 is 11.9 Å². The third-order valence-corrected chi connectivity index (χ3v) is 3.89. The Balaban J connectivity index is 1.95. The molecule has 2 rings (SSSR count). The third kappa shape index (κ3) is 4.68. The molecular weight excluding hydrogens is 299 g/mol. The molecule has 1 heterocycles. The van der Waals surface area contributed by atoms with Crippen molar-refractivity contribution >= 4 is 17.8 Å². The summed E-state index contributed by atoms with van der Waals surface area (Å²) in [4.78, 5) is 0. The first-order valence-electron chi connectivity index (χ1n) is 7.09. The second kappa shape index (κ2) is 7.56. The van der Waals surface area contributed by atoms with Gasteiger partial charge < -0.3 is 5.32 Å². The molecule has 2 aromatic rings. The monoisotopic (exact) mass is 320 g/mol. The van der Waals surface area contributed by atoms with Gasteiger partial charge in [0.1, 0.15) is 11.6 Å². The number of halogens is 1. The minimum atomic E-state index is -0.215. The molecule has 0 spiro atoms. The summed E-state index contributed by atoms with van der Waals surface area (Å²) in [6, 6.07) is 10.5. The van der Waals surface area contributed by atoms with Crippen LogP contribution in [-0.4, -0.2) is 23.0 Å². The number of benzene rings is 1. The molecule has 1 aromatic carbocycles. The summed E-state index contributed by atoms with van der Waals surface area (Å²) in [6.07, 6.45) is 1.97. The Morgan fingerprint density at radius 3 is 2.41 bits per heavy atom. The molecule has 1 aromatic heterocycles. The maximum absolute atomic E-state index is 13.0. The minimum Gasteiger partial charge on any atom is -0.368 e. The number of aromatic nitrogens is 2. The fourth-order valence-corrected chi connectivity index (χ4v) is 2.30. The van der Waals surface area contributed by atoms with Gasteiger partial charge in [0.15, 0.2) is 0 Å². The second-order valence-electron chi connectivity index (χ2n) is 5.68. The molecule has 0 aliphatic rings. The Kier molecular flexibility index (Phi) is 5.74. The summed E-state index contributed by atoms with van der Waals surface area (Å²) < 4.78 is 16.1. The van der Waals surface area contributed by atoms with Crippen molar-refractivity contribution in [3.05, 3.63) is 53.5 Å². The lowest BCUT2D eigenvalue weighted by Crippen LogP contribution is -2.28. The van der Waals surface area contributed by atoms with Crippen molar-refractivity contribution < 1.29 is 4.39 Å². The predicted molar refractivity (Wildman–Crippen MR) is 90.3 cm³/mol. The molecule has 0 saturated heterocycles.